The predicted octanol–water partition coefficient (Wildman–Crippen LogP) is 3.89. The molecule has 0 unspecified atom stereocenters. The molecule has 0 aliphatic rings. The van der Waals surface area contributed by atoms with Crippen LogP contribution in [-0.4, -0.2) is 25.7 Å². The van der Waals surface area contributed by atoms with Gasteiger partial charge in [0.2, 0.25) is 0 Å². The molecule has 0 heterocycles. The van der Waals surface area contributed by atoms with Gasteiger partial charge in [0.05, 0.1) is 6.61 Å². The van der Waals surface area contributed by atoms with Crippen molar-refractivity contribution in [3.05, 3.63) is 35.9 Å². The van der Waals surface area contributed by atoms with Gasteiger partial charge in [-0.25, -0.2) is 4.79 Å². The Hall–Kier alpha value is -1.77. The third kappa shape index (κ3) is 5.47. The molecular formula is C17H25NO2. The van der Waals surface area contributed by atoms with Gasteiger partial charge in [-0.1, -0.05) is 26.0 Å². The van der Waals surface area contributed by atoms with E-state index in [9.17, 15) is 4.79 Å². The Morgan fingerprint density at radius 1 is 1.20 bits per heavy atom. The second-order valence-electron chi connectivity index (χ2n) is 4.67. The number of hydrogen-bond donors (Lipinski definition) is 0. The summed E-state index contributed by atoms with van der Waals surface area (Å²) in [7, 11) is 0. The highest BCUT2D eigenvalue weighted by atomic mass is 16.5. The fourth-order valence-corrected chi connectivity index (χ4v) is 2.09. The number of anilines is 1. The molecule has 0 atom stereocenters. The minimum Gasteiger partial charge on any atom is -0.463 e. The van der Waals surface area contributed by atoms with E-state index in [-0.39, 0.29) is 5.97 Å². The second kappa shape index (κ2) is 9.18. The number of ether oxygens (including phenoxy) is 1. The van der Waals surface area contributed by atoms with Crippen LogP contribution in [0.1, 0.15) is 39.2 Å². The fraction of sp³-hybridized carbons (Fsp3) is 0.471. The minimum atomic E-state index is -0.295. The summed E-state index contributed by atoms with van der Waals surface area (Å²) in [5, 5.41) is 0. The van der Waals surface area contributed by atoms with Gasteiger partial charge in [-0.05, 0) is 43.5 Å². The molecule has 1 aromatic carbocycles. The lowest BCUT2D eigenvalue weighted by Crippen LogP contribution is -2.24. The van der Waals surface area contributed by atoms with Gasteiger partial charge in [-0.15, -0.1) is 0 Å². The van der Waals surface area contributed by atoms with Crippen molar-refractivity contribution in [1.29, 1.82) is 0 Å². The minimum absolute atomic E-state index is 0.295. The molecule has 0 aromatic heterocycles. The molecule has 0 N–H and O–H groups in total. The van der Waals surface area contributed by atoms with Gasteiger partial charge in [-0.3, -0.25) is 0 Å². The second-order valence-corrected chi connectivity index (χ2v) is 4.67. The summed E-state index contributed by atoms with van der Waals surface area (Å²) in [6.07, 6.45) is 5.54. The summed E-state index contributed by atoms with van der Waals surface area (Å²) in [6, 6.07) is 8.25. The average Bonchev–Trinajstić information content (AvgIpc) is 2.45. The molecular weight excluding hydrogens is 250 g/mol. The van der Waals surface area contributed by atoms with Gasteiger partial charge in [0.1, 0.15) is 0 Å². The Labute approximate surface area is 122 Å². The summed E-state index contributed by atoms with van der Waals surface area (Å²) in [5.74, 6) is -0.295. The number of benzene rings is 1. The quantitative estimate of drug-likeness (QED) is 0.532. The van der Waals surface area contributed by atoms with Crippen LogP contribution in [0.15, 0.2) is 30.3 Å². The summed E-state index contributed by atoms with van der Waals surface area (Å²) < 4.78 is 4.88. The first-order valence-electron chi connectivity index (χ1n) is 7.41. The Morgan fingerprint density at radius 3 is 2.50 bits per heavy atom. The molecule has 0 amide bonds. The van der Waals surface area contributed by atoms with Crippen LogP contribution in [0.2, 0.25) is 0 Å². The smallest absolute Gasteiger partial charge is 0.330 e. The lowest BCUT2D eigenvalue weighted by atomic mass is 10.1. The fourth-order valence-electron chi connectivity index (χ4n) is 2.09. The Balaban J connectivity index is 2.80. The van der Waals surface area contributed by atoms with E-state index in [0.717, 1.165) is 31.5 Å². The van der Waals surface area contributed by atoms with Crippen molar-refractivity contribution in [2.45, 2.75) is 33.6 Å². The first kappa shape index (κ1) is 16.3. The predicted molar refractivity (Wildman–Crippen MR) is 84.9 cm³/mol. The maximum absolute atomic E-state index is 11.3. The third-order valence-electron chi connectivity index (χ3n) is 2.92. The number of rotatable bonds is 8. The largest absolute Gasteiger partial charge is 0.463 e. The Bertz CT molecular complexity index is 434. The number of carbonyl (C=O) groups is 1. The molecule has 20 heavy (non-hydrogen) atoms. The van der Waals surface area contributed by atoms with Gasteiger partial charge >= 0.3 is 5.97 Å². The van der Waals surface area contributed by atoms with E-state index in [2.05, 4.69) is 30.9 Å². The van der Waals surface area contributed by atoms with E-state index in [1.54, 1.807) is 13.0 Å². The molecule has 0 aliphatic carbocycles. The van der Waals surface area contributed by atoms with Gasteiger partial charge in [-0.2, -0.15) is 0 Å². The van der Waals surface area contributed by atoms with Crippen molar-refractivity contribution in [3.8, 4) is 0 Å². The lowest BCUT2D eigenvalue weighted by molar-refractivity contribution is -0.137. The first-order valence-corrected chi connectivity index (χ1v) is 7.41. The molecule has 0 bridgehead atoms. The van der Waals surface area contributed by atoms with E-state index in [4.69, 9.17) is 4.74 Å². The standard InChI is InChI=1S/C17H25NO2/c1-4-12-18(13-5-2)16-9-7-8-15(14-16)10-11-17(19)20-6-3/h7-11,14H,4-6,12-13H2,1-3H3/b11-10+. The molecule has 0 fully saturated rings. The van der Waals surface area contributed by atoms with Crippen LogP contribution < -0.4 is 4.90 Å². The maximum Gasteiger partial charge on any atom is 0.330 e. The van der Waals surface area contributed by atoms with Gasteiger partial charge in [0.25, 0.3) is 0 Å². The zero-order valence-electron chi connectivity index (χ0n) is 12.8. The monoisotopic (exact) mass is 275 g/mol. The SMILES string of the molecule is CCCN(CCC)c1cccc(/C=C/C(=O)OCC)c1. The molecule has 3 nitrogen and oxygen atoms in total. The summed E-state index contributed by atoms with van der Waals surface area (Å²) >= 11 is 0. The number of carbonyl (C=O) groups excluding carboxylic acids is 1. The van der Waals surface area contributed by atoms with Crippen LogP contribution in [0.3, 0.4) is 0 Å². The van der Waals surface area contributed by atoms with Crippen LogP contribution in [0, 0.1) is 0 Å². The van der Waals surface area contributed by atoms with E-state index >= 15 is 0 Å². The van der Waals surface area contributed by atoms with Crippen molar-refractivity contribution in [1.82, 2.24) is 0 Å². The topological polar surface area (TPSA) is 29.5 Å². The average molecular weight is 275 g/mol. The Morgan fingerprint density at radius 2 is 1.90 bits per heavy atom. The zero-order valence-corrected chi connectivity index (χ0v) is 12.8. The third-order valence-corrected chi connectivity index (χ3v) is 2.92. The normalized spacial score (nSPS) is 10.8. The van der Waals surface area contributed by atoms with E-state index in [1.807, 2.05) is 12.1 Å². The number of esters is 1. The van der Waals surface area contributed by atoms with Crippen LogP contribution in [0.4, 0.5) is 5.69 Å². The van der Waals surface area contributed by atoms with Crippen LogP contribution >= 0.6 is 0 Å². The summed E-state index contributed by atoms with van der Waals surface area (Å²) in [6.45, 7) is 8.70. The highest BCUT2D eigenvalue weighted by molar-refractivity contribution is 5.87. The zero-order chi connectivity index (χ0) is 14.8. The molecule has 0 spiro atoms. The molecule has 0 saturated heterocycles. The maximum atomic E-state index is 11.3. The van der Waals surface area contributed by atoms with Crippen molar-refractivity contribution in [2.24, 2.45) is 0 Å². The van der Waals surface area contributed by atoms with Crippen LogP contribution in [0.25, 0.3) is 6.08 Å². The first-order chi connectivity index (χ1) is 9.71. The molecule has 3 heteroatoms. The molecule has 0 aliphatic heterocycles. The molecule has 1 rings (SSSR count). The van der Waals surface area contributed by atoms with Gasteiger partial charge < -0.3 is 9.64 Å². The number of nitrogens with zero attached hydrogens (tertiary/aromatic N) is 1. The summed E-state index contributed by atoms with van der Waals surface area (Å²) in [4.78, 5) is 13.7. The van der Waals surface area contributed by atoms with Gasteiger partial charge in [0, 0.05) is 24.9 Å². The lowest BCUT2D eigenvalue weighted by Gasteiger charge is -2.24. The van der Waals surface area contributed by atoms with Crippen molar-refractivity contribution < 1.29 is 9.53 Å². The molecule has 1 aromatic rings. The van der Waals surface area contributed by atoms with Crippen LogP contribution in [-0.2, 0) is 9.53 Å². The van der Waals surface area contributed by atoms with E-state index in [0.29, 0.717) is 6.61 Å². The molecule has 0 radical (unpaired) electrons. The van der Waals surface area contributed by atoms with E-state index in [1.165, 1.54) is 11.8 Å². The van der Waals surface area contributed by atoms with Gasteiger partial charge in [0.15, 0.2) is 0 Å². The number of hydrogen-bond acceptors (Lipinski definition) is 3. The van der Waals surface area contributed by atoms with Crippen molar-refractivity contribution >= 4 is 17.7 Å². The highest BCUT2D eigenvalue weighted by Gasteiger charge is 2.04. The van der Waals surface area contributed by atoms with Crippen LogP contribution in [0.5, 0.6) is 0 Å². The summed E-state index contributed by atoms with van der Waals surface area (Å²) in [5.41, 5.74) is 2.23. The Kier molecular flexibility index (Phi) is 7.48. The molecule has 0 saturated carbocycles. The van der Waals surface area contributed by atoms with Crippen molar-refractivity contribution in [3.63, 3.8) is 0 Å². The molecule has 110 valence electrons. The van der Waals surface area contributed by atoms with Crippen molar-refractivity contribution in [2.75, 3.05) is 24.6 Å². The highest BCUT2D eigenvalue weighted by Crippen LogP contribution is 2.18. The van der Waals surface area contributed by atoms with E-state index < -0.39 is 0 Å².